The lowest BCUT2D eigenvalue weighted by atomic mass is 9.75. The monoisotopic (exact) mass is 443 g/mol. The minimum atomic E-state index is -2.83. The first-order valence-corrected chi connectivity index (χ1v) is 11.6. The van der Waals surface area contributed by atoms with E-state index in [1.807, 2.05) is 12.4 Å². The van der Waals surface area contributed by atoms with Crippen molar-refractivity contribution in [1.82, 2.24) is 4.98 Å². The quantitative estimate of drug-likeness (QED) is 0.629. The lowest BCUT2D eigenvalue weighted by molar-refractivity contribution is 0.235. The van der Waals surface area contributed by atoms with Crippen molar-refractivity contribution in [2.75, 3.05) is 22.2 Å². The molecule has 0 spiro atoms. The lowest BCUT2D eigenvalue weighted by Gasteiger charge is -2.35. The van der Waals surface area contributed by atoms with Gasteiger partial charge in [-0.25, -0.2) is 13.4 Å². The van der Waals surface area contributed by atoms with Crippen LogP contribution in [-0.4, -0.2) is 35.6 Å². The molecule has 3 nitrogen and oxygen atoms in total. The van der Waals surface area contributed by atoms with E-state index in [-0.39, 0.29) is 11.3 Å². The molecule has 7 heteroatoms. The number of hydrogen-bond donors (Lipinski definition) is 0. The number of nitrogens with zero attached hydrogens (tertiary/aromatic N) is 1. The second-order valence-electron chi connectivity index (χ2n) is 5.59. The van der Waals surface area contributed by atoms with E-state index in [1.54, 1.807) is 11.3 Å². The Morgan fingerprint density at radius 3 is 2.60 bits per heavy atom. The molecule has 0 N–H and O–H groups in total. The number of halogens is 2. The molecule has 0 radical (unpaired) electrons. The Labute approximate surface area is 141 Å². The fourth-order valence-electron chi connectivity index (χ4n) is 2.80. The zero-order valence-corrected chi connectivity index (χ0v) is 16.2. The van der Waals surface area contributed by atoms with E-state index >= 15 is 0 Å². The Bertz CT molecular complexity index is 552. The minimum Gasteiger partial charge on any atom is -0.250 e. The summed E-state index contributed by atoms with van der Waals surface area (Å²) in [6, 6.07) is 0. The SMILES string of the molecule is Cc1ncsc1CCC(CBr)(CBr)C1CCS(=O)(=O)C1. The van der Waals surface area contributed by atoms with Crippen LogP contribution >= 0.6 is 43.2 Å². The second kappa shape index (κ2) is 6.75. The van der Waals surface area contributed by atoms with Gasteiger partial charge in [0.25, 0.3) is 0 Å². The van der Waals surface area contributed by atoms with E-state index in [9.17, 15) is 8.42 Å². The standard InChI is InChI=1S/C13H19Br2NO2S2/c1-10-12(19-9-16-10)2-4-13(7-14,8-15)11-3-5-20(17,18)6-11/h9,11H,2-8H2,1H3. The van der Waals surface area contributed by atoms with Gasteiger partial charge in [0.2, 0.25) is 0 Å². The summed E-state index contributed by atoms with van der Waals surface area (Å²) in [4.78, 5) is 5.61. The van der Waals surface area contributed by atoms with Crippen LogP contribution in [0.1, 0.15) is 23.4 Å². The molecule has 1 aliphatic heterocycles. The van der Waals surface area contributed by atoms with E-state index in [1.165, 1.54) is 4.88 Å². The zero-order chi connectivity index (χ0) is 14.8. The molecule has 1 aromatic rings. The first kappa shape index (κ1) is 16.9. The molecule has 0 aromatic carbocycles. The van der Waals surface area contributed by atoms with Crippen LogP contribution in [0.25, 0.3) is 0 Å². The van der Waals surface area contributed by atoms with E-state index in [2.05, 4.69) is 36.8 Å². The Morgan fingerprint density at radius 2 is 2.15 bits per heavy atom. The van der Waals surface area contributed by atoms with Gasteiger partial charge in [-0.2, -0.15) is 0 Å². The molecule has 114 valence electrons. The van der Waals surface area contributed by atoms with Gasteiger partial charge in [0.1, 0.15) is 0 Å². The predicted molar refractivity (Wildman–Crippen MR) is 92.0 cm³/mol. The summed E-state index contributed by atoms with van der Waals surface area (Å²) in [7, 11) is -2.83. The number of rotatable bonds is 6. The molecule has 2 heterocycles. The Kier molecular flexibility index (Phi) is 5.71. The molecular weight excluding hydrogens is 426 g/mol. The normalized spacial score (nSPS) is 22.2. The first-order valence-electron chi connectivity index (χ1n) is 6.64. The van der Waals surface area contributed by atoms with Gasteiger partial charge in [-0.15, -0.1) is 11.3 Å². The maximum atomic E-state index is 11.8. The number of sulfone groups is 1. The largest absolute Gasteiger partial charge is 0.250 e. The number of aromatic nitrogens is 1. The summed E-state index contributed by atoms with van der Waals surface area (Å²) in [6.07, 6.45) is 2.76. The van der Waals surface area contributed by atoms with E-state index < -0.39 is 9.84 Å². The molecule has 0 aliphatic carbocycles. The van der Waals surface area contributed by atoms with Gasteiger partial charge in [0.15, 0.2) is 9.84 Å². The summed E-state index contributed by atoms with van der Waals surface area (Å²) < 4.78 is 23.5. The molecule has 1 saturated heterocycles. The minimum absolute atomic E-state index is 0.0139. The van der Waals surface area contributed by atoms with Crippen molar-refractivity contribution in [3.05, 3.63) is 16.1 Å². The Morgan fingerprint density at radius 1 is 1.45 bits per heavy atom. The maximum absolute atomic E-state index is 11.8. The predicted octanol–water partition coefficient (Wildman–Crippen LogP) is 3.60. The van der Waals surface area contributed by atoms with Gasteiger partial charge < -0.3 is 0 Å². The van der Waals surface area contributed by atoms with E-state index in [0.717, 1.165) is 35.6 Å². The first-order chi connectivity index (χ1) is 9.42. The van der Waals surface area contributed by atoms with Gasteiger partial charge in [-0.1, -0.05) is 31.9 Å². The highest BCUT2D eigenvalue weighted by molar-refractivity contribution is 9.09. The summed E-state index contributed by atoms with van der Waals surface area (Å²) in [5, 5.41) is 1.67. The van der Waals surface area contributed by atoms with Crippen molar-refractivity contribution >= 4 is 53.0 Å². The summed E-state index contributed by atoms with van der Waals surface area (Å²) in [5.74, 6) is 0.935. The third-order valence-corrected chi connectivity index (χ3v) is 9.32. The molecule has 2 rings (SSSR count). The van der Waals surface area contributed by atoms with Crippen LogP contribution in [0.4, 0.5) is 0 Å². The number of thiazole rings is 1. The summed E-state index contributed by atoms with van der Waals surface area (Å²) in [5.41, 5.74) is 3.00. The molecule has 1 unspecified atom stereocenters. The van der Waals surface area contributed by atoms with Gasteiger partial charge in [-0.05, 0) is 37.5 Å². The van der Waals surface area contributed by atoms with Crippen molar-refractivity contribution < 1.29 is 8.42 Å². The van der Waals surface area contributed by atoms with E-state index in [4.69, 9.17) is 0 Å². The molecule has 1 atom stereocenters. The van der Waals surface area contributed by atoms with Crippen LogP contribution in [0.3, 0.4) is 0 Å². The topological polar surface area (TPSA) is 47.0 Å². The Balaban J connectivity index is 2.11. The molecule has 1 fully saturated rings. The van der Waals surface area contributed by atoms with Crippen molar-refractivity contribution in [1.29, 1.82) is 0 Å². The molecule has 0 bridgehead atoms. The fraction of sp³-hybridized carbons (Fsp3) is 0.769. The molecule has 0 amide bonds. The second-order valence-corrected chi connectivity index (χ2v) is 9.88. The van der Waals surface area contributed by atoms with Crippen LogP contribution in [0.2, 0.25) is 0 Å². The van der Waals surface area contributed by atoms with Crippen molar-refractivity contribution in [3.63, 3.8) is 0 Å². The van der Waals surface area contributed by atoms with Crippen molar-refractivity contribution in [2.45, 2.75) is 26.2 Å². The maximum Gasteiger partial charge on any atom is 0.150 e. The van der Waals surface area contributed by atoms with Gasteiger partial charge in [0, 0.05) is 15.5 Å². The third kappa shape index (κ3) is 3.65. The highest BCUT2D eigenvalue weighted by Crippen LogP contribution is 2.43. The van der Waals surface area contributed by atoms with Crippen LogP contribution in [-0.2, 0) is 16.3 Å². The van der Waals surface area contributed by atoms with Gasteiger partial charge in [-0.3, -0.25) is 0 Å². The zero-order valence-electron chi connectivity index (χ0n) is 11.4. The lowest BCUT2D eigenvalue weighted by Crippen LogP contribution is -2.35. The van der Waals surface area contributed by atoms with Crippen LogP contribution < -0.4 is 0 Å². The van der Waals surface area contributed by atoms with Crippen LogP contribution in [0, 0.1) is 18.3 Å². The van der Waals surface area contributed by atoms with Gasteiger partial charge >= 0.3 is 0 Å². The van der Waals surface area contributed by atoms with Crippen LogP contribution in [0.15, 0.2) is 5.51 Å². The smallest absolute Gasteiger partial charge is 0.150 e. The number of hydrogen-bond acceptors (Lipinski definition) is 4. The number of aryl methyl sites for hydroxylation is 2. The van der Waals surface area contributed by atoms with Crippen molar-refractivity contribution in [2.24, 2.45) is 11.3 Å². The molecule has 1 aromatic heterocycles. The van der Waals surface area contributed by atoms with Crippen molar-refractivity contribution in [3.8, 4) is 0 Å². The van der Waals surface area contributed by atoms with Gasteiger partial charge in [0.05, 0.1) is 22.7 Å². The number of alkyl halides is 2. The summed E-state index contributed by atoms with van der Waals surface area (Å²) >= 11 is 8.95. The summed E-state index contributed by atoms with van der Waals surface area (Å²) in [6.45, 7) is 2.04. The average Bonchev–Trinajstić information content (AvgIpc) is 2.98. The molecule has 0 saturated carbocycles. The highest BCUT2D eigenvalue weighted by atomic mass is 79.9. The third-order valence-electron chi connectivity index (χ3n) is 4.33. The Hall–Kier alpha value is 0.540. The highest BCUT2D eigenvalue weighted by Gasteiger charge is 2.43. The fourth-order valence-corrected chi connectivity index (χ4v) is 7.93. The van der Waals surface area contributed by atoms with Crippen LogP contribution in [0.5, 0.6) is 0 Å². The average molecular weight is 445 g/mol. The molecule has 1 aliphatic rings. The molecule has 20 heavy (non-hydrogen) atoms. The van der Waals surface area contributed by atoms with E-state index in [0.29, 0.717) is 11.5 Å². The molecular formula is C13H19Br2NO2S2.